The molecule has 152 valence electrons. The van der Waals surface area contributed by atoms with Crippen molar-refractivity contribution in [3.63, 3.8) is 0 Å². The van der Waals surface area contributed by atoms with E-state index in [1.807, 2.05) is 0 Å². The van der Waals surface area contributed by atoms with Crippen molar-refractivity contribution in [1.29, 1.82) is 0 Å². The summed E-state index contributed by atoms with van der Waals surface area (Å²) in [6.07, 6.45) is 3.28. The smallest absolute Gasteiger partial charge is 0.0602 e. The normalized spacial score (nSPS) is 15.8. The summed E-state index contributed by atoms with van der Waals surface area (Å²) in [5.41, 5.74) is 5.44. The van der Waals surface area contributed by atoms with Gasteiger partial charge in [-0.05, 0) is 29.2 Å². The first-order chi connectivity index (χ1) is 14.9. The predicted octanol–water partition coefficient (Wildman–Crippen LogP) is 5.12. The summed E-state index contributed by atoms with van der Waals surface area (Å²) in [6, 6.07) is 30.8. The van der Waals surface area contributed by atoms with E-state index in [4.69, 9.17) is 0 Å². The second-order valence-electron chi connectivity index (χ2n) is 8.21. The minimum atomic E-state index is 0.336. The molecule has 0 radical (unpaired) electrons. The Morgan fingerprint density at radius 3 is 1.97 bits per heavy atom. The lowest BCUT2D eigenvalue weighted by atomic mass is 9.96. The van der Waals surface area contributed by atoms with Gasteiger partial charge in [0.1, 0.15) is 0 Å². The molecule has 30 heavy (non-hydrogen) atoms. The Balaban J connectivity index is 1.25. The number of nitrogens with zero attached hydrogens (tertiary/aromatic N) is 2. The van der Waals surface area contributed by atoms with Crippen molar-refractivity contribution < 1.29 is 0 Å². The van der Waals surface area contributed by atoms with E-state index in [-0.39, 0.29) is 0 Å². The minimum absolute atomic E-state index is 0.336. The van der Waals surface area contributed by atoms with Crippen molar-refractivity contribution >= 4 is 10.9 Å². The Morgan fingerprint density at radius 2 is 1.30 bits per heavy atom. The third-order valence-corrected chi connectivity index (χ3v) is 6.37. The zero-order valence-corrected chi connectivity index (χ0v) is 17.4. The molecule has 3 aromatic carbocycles. The molecule has 1 aromatic heterocycles. The van der Waals surface area contributed by atoms with E-state index in [0.717, 1.165) is 39.1 Å². The topological polar surface area (TPSA) is 22.3 Å². The number of H-pyrrole nitrogens is 1. The Morgan fingerprint density at radius 1 is 0.700 bits per heavy atom. The van der Waals surface area contributed by atoms with Gasteiger partial charge >= 0.3 is 0 Å². The van der Waals surface area contributed by atoms with Crippen LogP contribution in [-0.4, -0.2) is 47.5 Å². The van der Waals surface area contributed by atoms with Gasteiger partial charge in [-0.2, -0.15) is 0 Å². The van der Waals surface area contributed by atoms with Gasteiger partial charge in [-0.1, -0.05) is 78.9 Å². The van der Waals surface area contributed by atoms with Crippen molar-refractivity contribution in [2.75, 3.05) is 32.7 Å². The average Bonchev–Trinajstić information content (AvgIpc) is 3.23. The SMILES string of the molecule is c1ccc(C(c2ccccc2)N2CCN(CCc3c[nH]c4ccccc34)CC2)cc1. The van der Waals surface area contributed by atoms with E-state index < -0.39 is 0 Å². The molecule has 1 fully saturated rings. The fourth-order valence-corrected chi connectivity index (χ4v) is 4.75. The van der Waals surface area contributed by atoms with Gasteiger partial charge in [0, 0.05) is 49.8 Å². The first kappa shape index (κ1) is 19.1. The summed E-state index contributed by atoms with van der Waals surface area (Å²) in [4.78, 5) is 8.67. The summed E-state index contributed by atoms with van der Waals surface area (Å²) in [5, 5.41) is 1.37. The number of nitrogens with one attached hydrogen (secondary N) is 1. The summed E-state index contributed by atoms with van der Waals surface area (Å²) in [6.45, 7) is 5.57. The maximum atomic E-state index is 3.41. The Kier molecular flexibility index (Phi) is 5.65. The molecule has 0 saturated carbocycles. The third kappa shape index (κ3) is 4.04. The molecular weight excluding hydrogens is 366 g/mol. The highest BCUT2D eigenvalue weighted by atomic mass is 15.3. The van der Waals surface area contributed by atoms with Gasteiger partial charge in [-0.3, -0.25) is 4.90 Å². The molecule has 0 spiro atoms. The van der Waals surface area contributed by atoms with E-state index in [0.29, 0.717) is 6.04 Å². The van der Waals surface area contributed by atoms with Crippen molar-refractivity contribution in [2.24, 2.45) is 0 Å². The number of piperazine rings is 1. The molecule has 3 heteroatoms. The van der Waals surface area contributed by atoms with Crippen molar-refractivity contribution in [3.8, 4) is 0 Å². The van der Waals surface area contributed by atoms with Crippen LogP contribution in [0.4, 0.5) is 0 Å². The number of para-hydroxylation sites is 1. The van der Waals surface area contributed by atoms with Crippen molar-refractivity contribution in [1.82, 2.24) is 14.8 Å². The third-order valence-electron chi connectivity index (χ3n) is 6.37. The van der Waals surface area contributed by atoms with Crippen LogP contribution < -0.4 is 0 Å². The first-order valence-electron chi connectivity index (χ1n) is 11.0. The van der Waals surface area contributed by atoms with Gasteiger partial charge in [0.15, 0.2) is 0 Å². The van der Waals surface area contributed by atoms with Gasteiger partial charge in [0.05, 0.1) is 6.04 Å². The number of benzene rings is 3. The van der Waals surface area contributed by atoms with Gasteiger partial charge in [0.25, 0.3) is 0 Å². The van der Waals surface area contributed by atoms with Gasteiger partial charge < -0.3 is 9.88 Å². The second-order valence-corrected chi connectivity index (χ2v) is 8.21. The maximum absolute atomic E-state index is 3.41. The first-order valence-corrected chi connectivity index (χ1v) is 11.0. The zero-order chi connectivity index (χ0) is 20.2. The molecule has 0 atom stereocenters. The molecule has 5 rings (SSSR count). The van der Waals surface area contributed by atoms with Crippen LogP contribution in [0.1, 0.15) is 22.7 Å². The Hall–Kier alpha value is -2.88. The monoisotopic (exact) mass is 395 g/mol. The minimum Gasteiger partial charge on any atom is -0.361 e. The summed E-state index contributed by atoms with van der Waals surface area (Å²) in [7, 11) is 0. The Bertz CT molecular complexity index is 1020. The molecule has 1 saturated heterocycles. The summed E-state index contributed by atoms with van der Waals surface area (Å²) >= 11 is 0. The lowest BCUT2D eigenvalue weighted by Gasteiger charge is -2.39. The number of fused-ring (bicyclic) bond motifs is 1. The standard InChI is InChI=1S/C27H29N3/c1-3-9-22(10-4-1)27(23-11-5-2-6-12-23)30-19-17-29(18-20-30)16-15-24-21-28-26-14-8-7-13-25(24)26/h1-14,21,27-28H,15-20H2. The molecule has 1 N–H and O–H groups in total. The van der Waals surface area contributed by atoms with E-state index in [1.165, 1.54) is 27.6 Å². The molecule has 0 bridgehead atoms. The van der Waals surface area contributed by atoms with Gasteiger partial charge in [-0.15, -0.1) is 0 Å². The quantitative estimate of drug-likeness (QED) is 0.490. The van der Waals surface area contributed by atoms with Crippen LogP contribution in [0.25, 0.3) is 10.9 Å². The molecule has 1 aliphatic rings. The van der Waals surface area contributed by atoms with Crippen molar-refractivity contribution in [2.45, 2.75) is 12.5 Å². The molecule has 1 aliphatic heterocycles. The lowest BCUT2D eigenvalue weighted by molar-refractivity contribution is 0.110. The molecule has 0 aliphatic carbocycles. The molecular formula is C27H29N3. The van der Waals surface area contributed by atoms with Gasteiger partial charge in [0.2, 0.25) is 0 Å². The van der Waals surface area contributed by atoms with Crippen LogP contribution in [0.3, 0.4) is 0 Å². The van der Waals surface area contributed by atoms with Crippen LogP contribution in [-0.2, 0) is 6.42 Å². The van der Waals surface area contributed by atoms with Gasteiger partial charge in [-0.25, -0.2) is 0 Å². The van der Waals surface area contributed by atoms with Crippen LogP contribution in [0.2, 0.25) is 0 Å². The number of hydrogen-bond acceptors (Lipinski definition) is 2. The highest BCUT2D eigenvalue weighted by molar-refractivity contribution is 5.83. The largest absolute Gasteiger partial charge is 0.361 e. The van der Waals surface area contributed by atoms with E-state index in [1.54, 1.807) is 0 Å². The summed E-state index contributed by atoms with van der Waals surface area (Å²) < 4.78 is 0. The van der Waals surface area contributed by atoms with Crippen LogP contribution in [0, 0.1) is 0 Å². The number of rotatable bonds is 6. The second kappa shape index (κ2) is 8.86. The fraction of sp³-hybridized carbons (Fsp3) is 0.259. The lowest BCUT2D eigenvalue weighted by Crippen LogP contribution is -2.48. The van der Waals surface area contributed by atoms with E-state index >= 15 is 0 Å². The zero-order valence-electron chi connectivity index (χ0n) is 17.4. The van der Waals surface area contributed by atoms with Crippen LogP contribution in [0.15, 0.2) is 91.1 Å². The number of aromatic amines is 1. The van der Waals surface area contributed by atoms with E-state index in [2.05, 4.69) is 106 Å². The van der Waals surface area contributed by atoms with Crippen LogP contribution in [0.5, 0.6) is 0 Å². The highest BCUT2D eigenvalue weighted by Gasteiger charge is 2.26. The number of aromatic nitrogens is 1. The molecule has 2 heterocycles. The van der Waals surface area contributed by atoms with E-state index in [9.17, 15) is 0 Å². The molecule has 0 amide bonds. The number of hydrogen-bond donors (Lipinski definition) is 1. The highest BCUT2D eigenvalue weighted by Crippen LogP contribution is 2.29. The summed E-state index contributed by atoms with van der Waals surface area (Å²) in [5.74, 6) is 0. The van der Waals surface area contributed by atoms with Crippen molar-refractivity contribution in [3.05, 3.63) is 108 Å². The average molecular weight is 396 g/mol. The Labute approximate surface area is 179 Å². The molecule has 3 nitrogen and oxygen atoms in total. The fourth-order valence-electron chi connectivity index (χ4n) is 4.75. The molecule has 0 unspecified atom stereocenters. The predicted molar refractivity (Wildman–Crippen MR) is 125 cm³/mol. The molecule has 4 aromatic rings. The van der Waals surface area contributed by atoms with Crippen LogP contribution >= 0.6 is 0 Å². The maximum Gasteiger partial charge on any atom is 0.0602 e.